The van der Waals surface area contributed by atoms with Gasteiger partial charge in [0.2, 0.25) is 16.2 Å². The van der Waals surface area contributed by atoms with E-state index in [1.165, 1.54) is 11.3 Å². The Morgan fingerprint density at radius 1 is 1.14 bits per heavy atom. The maximum absolute atomic E-state index is 12.2. The van der Waals surface area contributed by atoms with E-state index in [0.29, 0.717) is 17.0 Å². The third kappa shape index (κ3) is 5.33. The molecule has 3 aromatic rings. The van der Waals surface area contributed by atoms with Crippen molar-refractivity contribution in [3.05, 3.63) is 40.1 Å². The standard InChI is InChI=1S/C19H23N7OS2/c1-2-20-18-25-24-17(29-18)13-7-6-12(9-13)10-16-23-26-19(28-16)22-15(27)11-14-5-3-4-8-21-14/h3-5,8,12-13H,2,6-7,9-11H2,1H3,(H,20,25)(H,22,26,27)/t12-,13+/m0/s1. The second kappa shape index (κ2) is 9.36. The summed E-state index contributed by atoms with van der Waals surface area (Å²) in [6, 6.07) is 5.54. The second-order valence-corrected chi connectivity index (χ2v) is 9.17. The summed E-state index contributed by atoms with van der Waals surface area (Å²) in [5, 5.41) is 26.6. The van der Waals surface area contributed by atoms with Crippen LogP contribution in [0, 0.1) is 5.92 Å². The molecule has 29 heavy (non-hydrogen) atoms. The van der Waals surface area contributed by atoms with E-state index in [9.17, 15) is 4.79 Å². The van der Waals surface area contributed by atoms with E-state index in [1.807, 2.05) is 18.2 Å². The van der Waals surface area contributed by atoms with Gasteiger partial charge in [-0.25, -0.2) is 0 Å². The molecule has 8 nitrogen and oxygen atoms in total. The number of nitrogens with zero attached hydrogens (tertiary/aromatic N) is 5. The Morgan fingerprint density at radius 3 is 2.86 bits per heavy atom. The topological polar surface area (TPSA) is 106 Å². The van der Waals surface area contributed by atoms with E-state index < -0.39 is 0 Å². The van der Waals surface area contributed by atoms with Crippen molar-refractivity contribution in [3.63, 3.8) is 0 Å². The number of carbonyl (C=O) groups is 1. The summed E-state index contributed by atoms with van der Waals surface area (Å²) in [5.74, 6) is 0.923. The van der Waals surface area contributed by atoms with Crippen LogP contribution in [-0.2, 0) is 17.6 Å². The Hall–Kier alpha value is -2.46. The highest BCUT2D eigenvalue weighted by Gasteiger charge is 2.29. The molecule has 0 saturated heterocycles. The minimum atomic E-state index is -0.125. The van der Waals surface area contributed by atoms with Crippen molar-refractivity contribution in [2.45, 2.75) is 44.9 Å². The Balaban J connectivity index is 1.27. The average molecular weight is 430 g/mol. The summed E-state index contributed by atoms with van der Waals surface area (Å²) in [6.07, 6.45) is 6.20. The molecule has 1 amide bonds. The van der Waals surface area contributed by atoms with E-state index in [1.54, 1.807) is 17.5 Å². The lowest BCUT2D eigenvalue weighted by atomic mass is 10.0. The molecule has 2 N–H and O–H groups in total. The minimum absolute atomic E-state index is 0.125. The van der Waals surface area contributed by atoms with E-state index >= 15 is 0 Å². The minimum Gasteiger partial charge on any atom is -0.360 e. The highest BCUT2D eigenvalue weighted by Crippen LogP contribution is 2.41. The van der Waals surface area contributed by atoms with Gasteiger partial charge in [-0.1, -0.05) is 28.7 Å². The number of hydrogen-bond acceptors (Lipinski definition) is 9. The van der Waals surface area contributed by atoms with E-state index in [2.05, 4.69) is 42.9 Å². The molecule has 0 radical (unpaired) electrons. The van der Waals surface area contributed by atoms with E-state index in [4.69, 9.17) is 0 Å². The predicted molar refractivity (Wildman–Crippen MR) is 114 cm³/mol. The number of pyridine rings is 1. The van der Waals surface area contributed by atoms with E-state index in [0.717, 1.165) is 53.1 Å². The van der Waals surface area contributed by atoms with Crippen molar-refractivity contribution in [1.82, 2.24) is 25.4 Å². The Bertz CT molecular complexity index is 943. The molecule has 1 aliphatic carbocycles. The zero-order valence-electron chi connectivity index (χ0n) is 16.2. The molecular formula is C19H23N7OS2. The van der Waals surface area contributed by atoms with Crippen molar-refractivity contribution in [3.8, 4) is 0 Å². The maximum Gasteiger partial charge on any atom is 0.232 e. The molecule has 2 atom stereocenters. The smallest absolute Gasteiger partial charge is 0.232 e. The molecule has 1 aliphatic rings. The fourth-order valence-electron chi connectivity index (χ4n) is 3.57. The van der Waals surface area contributed by atoms with Crippen LogP contribution in [0.3, 0.4) is 0 Å². The second-order valence-electron chi connectivity index (χ2n) is 7.10. The van der Waals surface area contributed by atoms with Gasteiger partial charge in [-0.15, -0.1) is 20.4 Å². The lowest BCUT2D eigenvalue weighted by molar-refractivity contribution is -0.115. The Morgan fingerprint density at radius 2 is 2.03 bits per heavy atom. The van der Waals surface area contributed by atoms with Crippen LogP contribution in [0.4, 0.5) is 10.3 Å². The SMILES string of the molecule is CCNc1nnc([C@@H]2CC[C@H](Cc3nnc(NC(=O)Cc4ccccn4)s3)C2)s1. The van der Waals surface area contributed by atoms with Crippen LogP contribution >= 0.6 is 22.7 Å². The number of anilines is 2. The molecule has 1 fully saturated rings. The Kier molecular flexibility index (Phi) is 6.40. The third-order valence-corrected chi connectivity index (χ3v) is 6.81. The number of nitrogens with one attached hydrogen (secondary N) is 2. The van der Waals surface area contributed by atoms with Gasteiger partial charge in [0.05, 0.1) is 6.42 Å². The fraction of sp³-hybridized carbons (Fsp3) is 0.474. The zero-order valence-corrected chi connectivity index (χ0v) is 17.8. The summed E-state index contributed by atoms with van der Waals surface area (Å²) in [6.45, 7) is 2.92. The van der Waals surface area contributed by atoms with Crippen molar-refractivity contribution in [2.75, 3.05) is 17.2 Å². The molecule has 10 heteroatoms. The monoisotopic (exact) mass is 429 g/mol. The number of carbonyl (C=O) groups excluding carboxylic acids is 1. The molecular weight excluding hydrogens is 406 g/mol. The van der Waals surface area contributed by atoms with Gasteiger partial charge in [-0.2, -0.15) is 0 Å². The zero-order chi connectivity index (χ0) is 20.1. The Labute approximate surface area is 177 Å². The van der Waals surface area contributed by atoms with Gasteiger partial charge >= 0.3 is 0 Å². The van der Waals surface area contributed by atoms with Crippen molar-refractivity contribution in [1.29, 1.82) is 0 Å². The molecule has 1 saturated carbocycles. The summed E-state index contributed by atoms with van der Waals surface area (Å²) in [7, 11) is 0. The van der Waals surface area contributed by atoms with E-state index in [-0.39, 0.29) is 12.3 Å². The van der Waals surface area contributed by atoms with Crippen molar-refractivity contribution < 1.29 is 4.79 Å². The van der Waals surface area contributed by atoms with Gasteiger partial charge in [0, 0.05) is 30.8 Å². The van der Waals surface area contributed by atoms with Crippen molar-refractivity contribution in [2.24, 2.45) is 5.92 Å². The predicted octanol–water partition coefficient (Wildman–Crippen LogP) is 3.52. The highest BCUT2D eigenvalue weighted by atomic mass is 32.1. The van der Waals surface area contributed by atoms with Crippen LogP contribution in [0.15, 0.2) is 24.4 Å². The van der Waals surface area contributed by atoms with Crippen LogP contribution < -0.4 is 10.6 Å². The number of rotatable bonds is 8. The fourth-order valence-corrected chi connectivity index (χ4v) is 5.40. The molecule has 3 aromatic heterocycles. The molecule has 0 aromatic carbocycles. The molecule has 0 aliphatic heterocycles. The summed E-state index contributed by atoms with van der Waals surface area (Å²) in [5.41, 5.74) is 0.737. The summed E-state index contributed by atoms with van der Waals surface area (Å²) < 4.78 is 0. The molecule has 0 unspecified atom stereocenters. The lowest BCUT2D eigenvalue weighted by Gasteiger charge is -2.06. The van der Waals surface area contributed by atoms with Gasteiger partial charge in [0.15, 0.2) is 0 Å². The van der Waals surface area contributed by atoms with Gasteiger partial charge in [-0.3, -0.25) is 9.78 Å². The highest BCUT2D eigenvalue weighted by molar-refractivity contribution is 7.15. The first kappa shape index (κ1) is 19.8. The van der Waals surface area contributed by atoms with Crippen LogP contribution in [0.2, 0.25) is 0 Å². The van der Waals surface area contributed by atoms with Crippen LogP contribution in [0.1, 0.15) is 47.8 Å². The van der Waals surface area contributed by atoms with Crippen LogP contribution in [0.5, 0.6) is 0 Å². The van der Waals surface area contributed by atoms with Gasteiger partial charge in [0.1, 0.15) is 10.0 Å². The molecule has 0 bridgehead atoms. The van der Waals surface area contributed by atoms with Crippen molar-refractivity contribution >= 4 is 38.8 Å². The first-order chi connectivity index (χ1) is 14.2. The first-order valence-electron chi connectivity index (χ1n) is 9.79. The molecule has 3 heterocycles. The number of amides is 1. The largest absolute Gasteiger partial charge is 0.360 e. The maximum atomic E-state index is 12.2. The summed E-state index contributed by atoms with van der Waals surface area (Å²) >= 11 is 3.12. The molecule has 4 rings (SSSR count). The quantitative estimate of drug-likeness (QED) is 0.564. The molecule has 0 spiro atoms. The average Bonchev–Trinajstić information content (AvgIpc) is 3.45. The van der Waals surface area contributed by atoms with Crippen LogP contribution in [0.25, 0.3) is 0 Å². The van der Waals surface area contributed by atoms with Crippen LogP contribution in [-0.4, -0.2) is 37.8 Å². The summed E-state index contributed by atoms with van der Waals surface area (Å²) in [4.78, 5) is 16.3. The third-order valence-electron chi connectivity index (χ3n) is 4.90. The van der Waals surface area contributed by atoms with Gasteiger partial charge < -0.3 is 10.6 Å². The normalized spacial score (nSPS) is 18.7. The van der Waals surface area contributed by atoms with Gasteiger partial charge in [-0.05, 0) is 44.2 Å². The number of hydrogen-bond donors (Lipinski definition) is 2. The van der Waals surface area contributed by atoms with Gasteiger partial charge in [0.25, 0.3) is 0 Å². The first-order valence-corrected chi connectivity index (χ1v) is 11.4. The molecule has 152 valence electrons. The number of aromatic nitrogens is 5. The lowest BCUT2D eigenvalue weighted by Crippen LogP contribution is -2.14.